The largest absolute Gasteiger partial charge is 0.458 e. The fourth-order valence-electron chi connectivity index (χ4n) is 2.66. The van der Waals surface area contributed by atoms with E-state index in [1.54, 1.807) is 0 Å². The molecule has 0 bridgehead atoms. The SMILES string of the molecule is N#CC1=C(N)Oc2c(oc(CO)cc2=O)[C@H]1c1ccc(SC(F)(F)F)cc1. The molecule has 0 aliphatic carbocycles. The molecule has 1 atom stereocenters. The number of ether oxygens (including phenoxy) is 1. The molecule has 3 N–H and O–H groups in total. The minimum Gasteiger partial charge on any atom is -0.458 e. The zero-order valence-electron chi connectivity index (χ0n) is 13.4. The minimum atomic E-state index is -4.43. The van der Waals surface area contributed by atoms with Gasteiger partial charge in [0.15, 0.2) is 5.76 Å². The van der Waals surface area contributed by atoms with Gasteiger partial charge in [-0.3, -0.25) is 4.79 Å². The number of allylic oxidation sites excluding steroid dienone is 1. The highest BCUT2D eigenvalue weighted by atomic mass is 32.2. The van der Waals surface area contributed by atoms with E-state index in [1.165, 1.54) is 24.3 Å². The maximum Gasteiger partial charge on any atom is 0.446 e. The van der Waals surface area contributed by atoms with E-state index in [-0.39, 0.29) is 45.4 Å². The van der Waals surface area contributed by atoms with Gasteiger partial charge in [0.2, 0.25) is 17.1 Å². The summed E-state index contributed by atoms with van der Waals surface area (Å²) < 4.78 is 48.2. The molecule has 1 aromatic carbocycles. The van der Waals surface area contributed by atoms with Gasteiger partial charge in [0.1, 0.15) is 24.0 Å². The molecule has 0 radical (unpaired) electrons. The number of aliphatic hydroxyl groups excluding tert-OH is 1. The first-order valence-corrected chi connectivity index (χ1v) is 8.26. The molecule has 1 aliphatic heterocycles. The molecule has 0 saturated heterocycles. The summed E-state index contributed by atoms with van der Waals surface area (Å²) in [7, 11) is 0. The third kappa shape index (κ3) is 3.79. The molecular weight excluding hydrogens is 385 g/mol. The van der Waals surface area contributed by atoms with Crippen molar-refractivity contribution in [2.75, 3.05) is 0 Å². The molecule has 3 rings (SSSR count). The van der Waals surface area contributed by atoms with Crippen molar-refractivity contribution in [3.8, 4) is 11.8 Å². The monoisotopic (exact) mass is 396 g/mol. The number of benzene rings is 1. The molecule has 6 nitrogen and oxygen atoms in total. The normalized spacial score (nSPS) is 16.5. The van der Waals surface area contributed by atoms with E-state index in [2.05, 4.69) is 0 Å². The summed E-state index contributed by atoms with van der Waals surface area (Å²) in [6, 6.07) is 8.14. The Morgan fingerprint density at radius 3 is 2.52 bits per heavy atom. The quantitative estimate of drug-likeness (QED) is 0.768. The number of alkyl halides is 3. The Balaban J connectivity index is 2.12. The van der Waals surface area contributed by atoms with Gasteiger partial charge in [0, 0.05) is 11.0 Å². The van der Waals surface area contributed by atoms with Crippen molar-refractivity contribution >= 4 is 11.8 Å². The Kier molecular flexibility index (Phi) is 4.91. The molecular formula is C17H11F3N2O4S. The Morgan fingerprint density at radius 1 is 1.30 bits per heavy atom. The van der Waals surface area contributed by atoms with E-state index in [1.807, 2.05) is 6.07 Å². The second-order valence-corrected chi connectivity index (χ2v) is 6.61. The van der Waals surface area contributed by atoms with Gasteiger partial charge in [-0.25, -0.2) is 0 Å². The van der Waals surface area contributed by atoms with Crippen LogP contribution in [0.3, 0.4) is 0 Å². The lowest BCUT2D eigenvalue weighted by molar-refractivity contribution is -0.0328. The van der Waals surface area contributed by atoms with Gasteiger partial charge in [0.25, 0.3) is 0 Å². The van der Waals surface area contributed by atoms with Gasteiger partial charge < -0.3 is 20.0 Å². The van der Waals surface area contributed by atoms with Crippen molar-refractivity contribution in [1.29, 1.82) is 5.26 Å². The average molecular weight is 396 g/mol. The third-order valence-corrected chi connectivity index (χ3v) is 4.47. The van der Waals surface area contributed by atoms with Crippen molar-refractivity contribution < 1.29 is 27.4 Å². The van der Waals surface area contributed by atoms with E-state index in [4.69, 9.17) is 14.9 Å². The number of hydrogen-bond donors (Lipinski definition) is 2. The molecule has 10 heteroatoms. The number of nitrogens with two attached hydrogens (primary N) is 1. The fourth-order valence-corrected chi connectivity index (χ4v) is 3.20. The molecule has 140 valence electrons. The van der Waals surface area contributed by atoms with Crippen LogP contribution < -0.4 is 15.9 Å². The number of aliphatic hydroxyl groups is 1. The third-order valence-electron chi connectivity index (χ3n) is 3.73. The number of nitrogens with zero attached hydrogens (tertiary/aromatic N) is 1. The molecule has 27 heavy (non-hydrogen) atoms. The Bertz CT molecular complexity index is 1010. The van der Waals surface area contributed by atoms with E-state index in [0.29, 0.717) is 5.56 Å². The summed E-state index contributed by atoms with van der Waals surface area (Å²) in [5.74, 6) is -1.58. The maximum absolute atomic E-state index is 12.5. The summed E-state index contributed by atoms with van der Waals surface area (Å²) in [5.41, 5.74) is 1.02. The van der Waals surface area contributed by atoms with Crippen LogP contribution in [0.2, 0.25) is 0 Å². The summed E-state index contributed by atoms with van der Waals surface area (Å²) in [4.78, 5) is 12.1. The smallest absolute Gasteiger partial charge is 0.446 e. The summed E-state index contributed by atoms with van der Waals surface area (Å²) >= 11 is -0.276. The van der Waals surface area contributed by atoms with Crippen molar-refractivity contribution in [3.05, 3.63) is 69.1 Å². The predicted octanol–water partition coefficient (Wildman–Crippen LogP) is 2.96. The van der Waals surface area contributed by atoms with Crippen LogP contribution in [0.15, 0.2) is 55.9 Å². The highest BCUT2D eigenvalue weighted by molar-refractivity contribution is 8.00. The molecule has 0 amide bonds. The molecule has 0 spiro atoms. The number of rotatable bonds is 3. The summed E-state index contributed by atoms with van der Waals surface area (Å²) in [5, 5.41) is 18.7. The van der Waals surface area contributed by atoms with Crippen LogP contribution in [0, 0.1) is 11.3 Å². The van der Waals surface area contributed by atoms with Crippen molar-refractivity contribution in [3.63, 3.8) is 0 Å². The van der Waals surface area contributed by atoms with Crippen LogP contribution in [0.5, 0.6) is 5.75 Å². The van der Waals surface area contributed by atoms with Gasteiger partial charge in [-0.05, 0) is 29.5 Å². The Hall–Kier alpha value is -2.90. The second kappa shape index (κ2) is 7.02. The van der Waals surface area contributed by atoms with Gasteiger partial charge in [-0.1, -0.05) is 12.1 Å². The van der Waals surface area contributed by atoms with Crippen LogP contribution in [0.1, 0.15) is 23.0 Å². The molecule has 1 aromatic heterocycles. The highest BCUT2D eigenvalue weighted by Gasteiger charge is 2.35. The molecule has 2 aromatic rings. The van der Waals surface area contributed by atoms with E-state index in [9.17, 15) is 28.3 Å². The van der Waals surface area contributed by atoms with Crippen molar-refractivity contribution in [2.24, 2.45) is 5.73 Å². The van der Waals surface area contributed by atoms with Crippen LogP contribution in [-0.4, -0.2) is 10.6 Å². The molecule has 0 fully saturated rings. The van der Waals surface area contributed by atoms with Gasteiger partial charge in [0.05, 0.1) is 5.92 Å². The molecule has 1 aliphatic rings. The van der Waals surface area contributed by atoms with Crippen molar-refractivity contribution in [2.45, 2.75) is 22.9 Å². The van der Waals surface area contributed by atoms with E-state index in [0.717, 1.165) is 6.07 Å². The first kappa shape index (κ1) is 18.9. The average Bonchev–Trinajstić information content (AvgIpc) is 2.60. The number of fused-ring (bicyclic) bond motifs is 1. The predicted molar refractivity (Wildman–Crippen MR) is 88.6 cm³/mol. The fraction of sp³-hybridized carbons (Fsp3) is 0.176. The zero-order valence-corrected chi connectivity index (χ0v) is 14.2. The highest BCUT2D eigenvalue weighted by Crippen LogP contribution is 2.42. The maximum atomic E-state index is 12.5. The van der Waals surface area contributed by atoms with Gasteiger partial charge in [-0.2, -0.15) is 18.4 Å². The molecule has 2 heterocycles. The number of hydrogen-bond acceptors (Lipinski definition) is 7. The molecule has 0 unspecified atom stereocenters. The van der Waals surface area contributed by atoms with E-state index >= 15 is 0 Å². The minimum absolute atomic E-state index is 0.0421. The Morgan fingerprint density at radius 2 is 1.96 bits per heavy atom. The first-order chi connectivity index (χ1) is 12.7. The van der Waals surface area contributed by atoms with E-state index < -0.39 is 23.5 Å². The first-order valence-electron chi connectivity index (χ1n) is 7.44. The number of halogens is 3. The zero-order chi connectivity index (χ0) is 19.8. The van der Waals surface area contributed by atoms with Gasteiger partial charge in [-0.15, -0.1) is 0 Å². The van der Waals surface area contributed by atoms with Crippen LogP contribution in [0.25, 0.3) is 0 Å². The Labute approximate surface area is 154 Å². The molecule has 0 saturated carbocycles. The van der Waals surface area contributed by atoms with Crippen LogP contribution in [0.4, 0.5) is 13.2 Å². The summed E-state index contributed by atoms with van der Waals surface area (Å²) in [6.45, 7) is -0.558. The lowest BCUT2D eigenvalue weighted by Crippen LogP contribution is -2.25. The van der Waals surface area contributed by atoms with Crippen LogP contribution >= 0.6 is 11.8 Å². The standard InChI is InChI=1S/C17H11F3N2O4S/c18-17(19,20)27-10-3-1-8(2-4-10)13-11(6-21)16(22)26-14-12(24)5-9(7-23)25-15(13)14/h1-5,13,23H,7,22H2/t13-/m0/s1. The van der Waals surface area contributed by atoms with Crippen LogP contribution in [-0.2, 0) is 6.61 Å². The summed E-state index contributed by atoms with van der Waals surface area (Å²) in [6.07, 6.45) is 0. The van der Waals surface area contributed by atoms with Gasteiger partial charge >= 0.3 is 5.51 Å². The lowest BCUT2D eigenvalue weighted by atomic mass is 9.87. The number of nitriles is 1. The topological polar surface area (TPSA) is 109 Å². The van der Waals surface area contributed by atoms with Crippen molar-refractivity contribution in [1.82, 2.24) is 0 Å². The lowest BCUT2D eigenvalue weighted by Gasteiger charge is -2.24. The second-order valence-electron chi connectivity index (χ2n) is 5.47. The number of thioether (sulfide) groups is 1.